The van der Waals surface area contributed by atoms with Gasteiger partial charge >= 0.3 is 27.3 Å². The van der Waals surface area contributed by atoms with Crippen molar-refractivity contribution < 1.29 is 54.4 Å². The predicted molar refractivity (Wildman–Crippen MR) is 136 cm³/mol. The maximum absolute atomic E-state index is 13.8. The highest BCUT2D eigenvalue weighted by molar-refractivity contribution is 7.87. The normalized spacial score (nSPS) is 36.8. The lowest BCUT2D eigenvalue weighted by molar-refractivity contribution is -0.174. The zero-order valence-corrected chi connectivity index (χ0v) is 24.3. The maximum atomic E-state index is 13.8. The molecule has 13 heteroatoms. The standard InChI is InChI=1S/C28H38F4O8S/c1-15(4-7-23(36)40-11-10-27(29,30)28(31,32)41(37,38)39)18-5-6-19-24-20(14-22(35)26(18,19)3)25(2)9-8-17(33)12-16(25)13-21(24)34/h15-16,18-20,24H,4-14H2,1-3H3,(H,37,38,39)/t15-,16?,18-,19-,20-,24+,25+,26-/m1/s1. The molecule has 8 nitrogen and oxygen atoms in total. The number of ether oxygens (including phenoxy) is 1. The quantitative estimate of drug-likeness (QED) is 0.218. The molecule has 4 rings (SSSR count). The van der Waals surface area contributed by atoms with Crippen LogP contribution in [0.15, 0.2) is 0 Å². The molecule has 4 aliphatic carbocycles. The van der Waals surface area contributed by atoms with Crippen molar-refractivity contribution in [2.45, 2.75) is 96.2 Å². The molecule has 0 aromatic carbocycles. The number of halogens is 4. The van der Waals surface area contributed by atoms with Gasteiger partial charge < -0.3 is 4.74 Å². The third-order valence-corrected chi connectivity index (χ3v) is 12.1. The summed E-state index contributed by atoms with van der Waals surface area (Å²) in [5.74, 6) is -6.51. The van der Waals surface area contributed by atoms with Crippen LogP contribution < -0.4 is 0 Å². The fourth-order valence-electron chi connectivity index (χ4n) is 8.64. The lowest BCUT2D eigenvalue weighted by Crippen LogP contribution is -2.60. The van der Waals surface area contributed by atoms with Crippen LogP contribution in [0.2, 0.25) is 0 Å². The molecule has 4 fully saturated rings. The van der Waals surface area contributed by atoms with E-state index in [1.165, 1.54) is 0 Å². The Morgan fingerprint density at radius 1 is 1.07 bits per heavy atom. The lowest BCUT2D eigenvalue weighted by atomic mass is 9.44. The van der Waals surface area contributed by atoms with Crippen LogP contribution in [0, 0.1) is 46.3 Å². The fraction of sp³-hybridized carbons (Fsp3) is 0.857. The van der Waals surface area contributed by atoms with E-state index >= 15 is 0 Å². The first-order valence-electron chi connectivity index (χ1n) is 14.2. The van der Waals surface area contributed by atoms with Gasteiger partial charge in [-0.2, -0.15) is 26.0 Å². The molecule has 0 bridgehead atoms. The molecule has 4 aliphatic rings. The molecular formula is C28H38F4O8S. The van der Waals surface area contributed by atoms with Gasteiger partial charge in [-0.05, 0) is 60.7 Å². The van der Waals surface area contributed by atoms with Crippen molar-refractivity contribution in [3.63, 3.8) is 0 Å². The van der Waals surface area contributed by atoms with E-state index in [1.54, 1.807) is 0 Å². The SMILES string of the molecule is C[C@H](CCC(=O)OCCC(F)(F)C(F)(F)S(=O)(=O)O)[C@H]1CC[C@@H]2[C@@H]3C(=O)CC4CC(=O)CC[C@]4(C)[C@@H]3CC(=O)[C@@]21C. The fourth-order valence-corrected chi connectivity index (χ4v) is 9.12. The number of hydrogen-bond acceptors (Lipinski definition) is 7. The highest BCUT2D eigenvalue weighted by Gasteiger charge is 2.67. The van der Waals surface area contributed by atoms with Gasteiger partial charge in [0.05, 0.1) is 13.0 Å². The molecule has 0 amide bonds. The van der Waals surface area contributed by atoms with Gasteiger partial charge in [0.25, 0.3) is 0 Å². The minimum Gasteiger partial charge on any atom is -0.465 e. The van der Waals surface area contributed by atoms with Crippen molar-refractivity contribution in [2.75, 3.05) is 6.61 Å². The number of Topliss-reactive ketones (excluding diaryl/α,β-unsaturated/α-hetero) is 3. The average molecular weight is 611 g/mol. The van der Waals surface area contributed by atoms with Gasteiger partial charge in [-0.25, -0.2) is 0 Å². The van der Waals surface area contributed by atoms with Gasteiger partial charge in [0.1, 0.15) is 17.3 Å². The van der Waals surface area contributed by atoms with E-state index in [4.69, 9.17) is 4.55 Å². The molecule has 0 heterocycles. The van der Waals surface area contributed by atoms with Gasteiger partial charge in [-0.15, -0.1) is 0 Å². The van der Waals surface area contributed by atoms with Crippen molar-refractivity contribution in [2.24, 2.45) is 46.3 Å². The number of esters is 1. The molecule has 232 valence electrons. The summed E-state index contributed by atoms with van der Waals surface area (Å²) >= 11 is 0. The number of alkyl halides is 4. The van der Waals surface area contributed by atoms with E-state index in [0.29, 0.717) is 38.5 Å². The number of ketones is 3. The van der Waals surface area contributed by atoms with Crippen LogP contribution in [0.3, 0.4) is 0 Å². The minimum absolute atomic E-state index is 0.0315. The summed E-state index contributed by atoms with van der Waals surface area (Å²) in [4.78, 5) is 51.6. The predicted octanol–water partition coefficient (Wildman–Crippen LogP) is 5.04. The van der Waals surface area contributed by atoms with Crippen molar-refractivity contribution in [3.8, 4) is 0 Å². The molecule has 0 aromatic rings. The summed E-state index contributed by atoms with van der Waals surface area (Å²) in [6.07, 6.45) is 1.73. The van der Waals surface area contributed by atoms with Crippen molar-refractivity contribution in [1.29, 1.82) is 0 Å². The third kappa shape index (κ3) is 5.27. The second-order valence-electron chi connectivity index (χ2n) is 13.1. The van der Waals surface area contributed by atoms with E-state index in [-0.39, 0.29) is 77.5 Å². The van der Waals surface area contributed by atoms with Crippen LogP contribution in [0.4, 0.5) is 17.6 Å². The first kappa shape index (κ1) is 32.0. The maximum Gasteiger partial charge on any atom is 0.431 e. The monoisotopic (exact) mass is 610 g/mol. The van der Waals surface area contributed by atoms with Crippen LogP contribution in [-0.2, 0) is 34.0 Å². The molecule has 0 aromatic heterocycles. The van der Waals surface area contributed by atoms with Gasteiger partial charge in [-0.3, -0.25) is 23.7 Å². The zero-order valence-electron chi connectivity index (χ0n) is 23.5. The van der Waals surface area contributed by atoms with Crippen molar-refractivity contribution in [1.82, 2.24) is 0 Å². The van der Waals surface area contributed by atoms with E-state index in [0.717, 1.165) is 0 Å². The van der Waals surface area contributed by atoms with E-state index in [9.17, 15) is 45.2 Å². The Hall–Kier alpha value is -1.89. The number of carbonyl (C=O) groups is 4. The second kappa shape index (κ2) is 10.7. The van der Waals surface area contributed by atoms with Crippen LogP contribution in [-0.4, -0.2) is 54.1 Å². The molecule has 0 saturated heterocycles. The highest BCUT2D eigenvalue weighted by Crippen LogP contribution is 2.66. The van der Waals surface area contributed by atoms with E-state index in [1.807, 2.05) is 13.8 Å². The number of fused-ring (bicyclic) bond motifs is 5. The molecule has 4 saturated carbocycles. The first-order valence-corrected chi connectivity index (χ1v) is 15.7. The summed E-state index contributed by atoms with van der Waals surface area (Å²) in [6, 6.07) is 0. The number of rotatable bonds is 9. The second-order valence-corrected chi connectivity index (χ2v) is 14.6. The molecule has 0 aliphatic heterocycles. The van der Waals surface area contributed by atoms with Crippen molar-refractivity contribution >= 4 is 33.4 Å². The highest BCUT2D eigenvalue weighted by atomic mass is 32.2. The van der Waals surface area contributed by atoms with Gasteiger partial charge in [0.2, 0.25) is 0 Å². The molecule has 8 atom stereocenters. The topological polar surface area (TPSA) is 132 Å². The van der Waals surface area contributed by atoms with Gasteiger partial charge in [0.15, 0.2) is 0 Å². The molecular weight excluding hydrogens is 572 g/mol. The minimum atomic E-state index is -6.37. The van der Waals surface area contributed by atoms with Crippen molar-refractivity contribution in [3.05, 3.63) is 0 Å². The lowest BCUT2D eigenvalue weighted by Gasteiger charge is -2.58. The van der Waals surface area contributed by atoms with E-state index in [2.05, 4.69) is 11.7 Å². The largest absolute Gasteiger partial charge is 0.465 e. The summed E-state index contributed by atoms with van der Waals surface area (Å²) in [6.45, 7) is 4.74. The summed E-state index contributed by atoms with van der Waals surface area (Å²) in [5, 5.41) is -5.73. The van der Waals surface area contributed by atoms with Crippen LogP contribution in [0.1, 0.15) is 85.0 Å². The Morgan fingerprint density at radius 3 is 2.37 bits per heavy atom. The molecule has 0 radical (unpaired) electrons. The first-order chi connectivity index (χ1) is 18.8. The number of hydrogen-bond donors (Lipinski definition) is 1. The Kier molecular flexibility index (Phi) is 8.34. The van der Waals surface area contributed by atoms with Crippen LogP contribution in [0.5, 0.6) is 0 Å². The smallest absolute Gasteiger partial charge is 0.431 e. The van der Waals surface area contributed by atoms with Gasteiger partial charge in [-0.1, -0.05) is 20.8 Å². The van der Waals surface area contributed by atoms with Gasteiger partial charge in [0, 0.05) is 43.4 Å². The van der Waals surface area contributed by atoms with E-state index < -0.39 is 45.7 Å². The molecule has 1 N–H and O–H groups in total. The Labute approximate surface area is 237 Å². The Balaban J connectivity index is 1.37. The molecule has 1 unspecified atom stereocenters. The zero-order chi connectivity index (χ0) is 30.8. The summed E-state index contributed by atoms with van der Waals surface area (Å²) in [7, 11) is -6.37. The molecule has 0 spiro atoms. The summed E-state index contributed by atoms with van der Waals surface area (Å²) in [5.41, 5.74) is -1.00. The average Bonchev–Trinajstić information content (AvgIpc) is 3.22. The number of carbonyl (C=O) groups excluding carboxylic acids is 4. The molecule has 41 heavy (non-hydrogen) atoms. The Bertz CT molecular complexity index is 1220. The van der Waals surface area contributed by atoms with Crippen LogP contribution >= 0.6 is 0 Å². The Morgan fingerprint density at radius 2 is 1.73 bits per heavy atom. The summed E-state index contributed by atoms with van der Waals surface area (Å²) < 4.78 is 88.1. The van der Waals surface area contributed by atoms with Crippen LogP contribution in [0.25, 0.3) is 0 Å². The third-order valence-electron chi connectivity index (χ3n) is 11.1.